The third-order valence-corrected chi connectivity index (χ3v) is 5.52. The molecule has 1 aromatic carbocycles. The monoisotopic (exact) mass is 407 g/mol. The van der Waals surface area contributed by atoms with E-state index in [-0.39, 0.29) is 23.2 Å². The highest BCUT2D eigenvalue weighted by Crippen LogP contribution is 2.44. The lowest BCUT2D eigenvalue weighted by Crippen LogP contribution is -2.52. The Morgan fingerprint density at radius 3 is 2.62 bits per heavy atom. The number of nitrogens with zero attached hydrogens (tertiary/aromatic N) is 1. The van der Waals surface area contributed by atoms with Crippen LogP contribution in [0.1, 0.15) is 71.9 Å². The molecule has 1 aromatic rings. The molecule has 0 fully saturated rings. The molecule has 8 heteroatoms. The molecule has 162 valence electrons. The summed E-state index contributed by atoms with van der Waals surface area (Å²) in [7, 11) is 0. The molecule has 0 bridgehead atoms. The van der Waals surface area contributed by atoms with Gasteiger partial charge in [0, 0.05) is 11.5 Å². The van der Waals surface area contributed by atoms with Gasteiger partial charge in [-0.25, -0.2) is 0 Å². The Labute approximate surface area is 172 Å². The van der Waals surface area contributed by atoms with Crippen LogP contribution in [0.25, 0.3) is 0 Å². The van der Waals surface area contributed by atoms with Crippen LogP contribution in [-0.4, -0.2) is 34.2 Å². The number of hydrogen-bond donors (Lipinski definition) is 3. The van der Waals surface area contributed by atoms with E-state index < -0.39 is 22.7 Å². The number of hydrogen-bond acceptors (Lipinski definition) is 6. The lowest BCUT2D eigenvalue weighted by atomic mass is 9.86. The molecule has 0 aromatic heterocycles. The van der Waals surface area contributed by atoms with Crippen molar-refractivity contribution in [1.82, 2.24) is 5.32 Å². The molecule has 1 aliphatic heterocycles. The number of fused-ring (bicyclic) bond motifs is 1. The lowest BCUT2D eigenvalue weighted by molar-refractivity contribution is -0.384. The number of unbranched alkanes of at least 4 members (excludes halogenated alkanes) is 2. The van der Waals surface area contributed by atoms with Crippen LogP contribution in [0.3, 0.4) is 0 Å². The van der Waals surface area contributed by atoms with E-state index in [0.29, 0.717) is 24.3 Å². The zero-order chi connectivity index (χ0) is 21.8. The molecule has 0 saturated carbocycles. The van der Waals surface area contributed by atoms with Crippen molar-refractivity contribution >= 4 is 17.3 Å². The third kappa shape index (κ3) is 5.25. The number of benzene rings is 1. The van der Waals surface area contributed by atoms with Crippen LogP contribution in [0.2, 0.25) is 0 Å². The second-order valence-corrected chi connectivity index (χ2v) is 8.25. The van der Waals surface area contributed by atoms with E-state index >= 15 is 0 Å². The van der Waals surface area contributed by atoms with Crippen LogP contribution < -0.4 is 15.4 Å². The number of aliphatic hydroxyl groups excluding tert-OH is 1. The topological polar surface area (TPSA) is 114 Å². The molecule has 0 aliphatic carbocycles. The van der Waals surface area contributed by atoms with Gasteiger partial charge >= 0.3 is 0 Å². The van der Waals surface area contributed by atoms with Crippen molar-refractivity contribution < 1.29 is 19.6 Å². The summed E-state index contributed by atoms with van der Waals surface area (Å²) >= 11 is 0. The Kier molecular flexibility index (Phi) is 7.60. The number of ether oxygens (including phenoxy) is 1. The summed E-state index contributed by atoms with van der Waals surface area (Å²) in [5, 5.41) is 28.5. The van der Waals surface area contributed by atoms with Crippen molar-refractivity contribution in [3.8, 4) is 5.75 Å². The van der Waals surface area contributed by atoms with Gasteiger partial charge in [-0.1, -0.05) is 33.6 Å². The number of rotatable bonds is 9. The first-order valence-corrected chi connectivity index (χ1v) is 10.4. The number of nitrogens with one attached hydrogen (secondary N) is 2. The van der Waals surface area contributed by atoms with E-state index in [1.165, 1.54) is 6.07 Å². The SMILES string of the molecule is CCCCCNC1c2cc(NC(=O)C(C)CC)c([N+](=O)[O-])cc2OC(C)(C)C1O. The molecule has 3 N–H and O–H groups in total. The van der Waals surface area contributed by atoms with Crippen molar-refractivity contribution in [3.05, 3.63) is 27.8 Å². The van der Waals surface area contributed by atoms with E-state index in [0.717, 1.165) is 19.3 Å². The summed E-state index contributed by atoms with van der Waals surface area (Å²) in [6, 6.07) is 2.45. The molecule has 1 aliphatic rings. The van der Waals surface area contributed by atoms with Crippen LogP contribution in [0, 0.1) is 16.0 Å². The Hall–Kier alpha value is -2.19. The van der Waals surface area contributed by atoms with Gasteiger partial charge in [0.15, 0.2) is 0 Å². The summed E-state index contributed by atoms with van der Waals surface area (Å²) in [5.74, 6) is -0.198. The van der Waals surface area contributed by atoms with Crippen LogP contribution in [-0.2, 0) is 4.79 Å². The molecule has 0 spiro atoms. The smallest absolute Gasteiger partial charge is 0.296 e. The average molecular weight is 408 g/mol. The first-order valence-electron chi connectivity index (χ1n) is 10.4. The van der Waals surface area contributed by atoms with Gasteiger partial charge in [-0.05, 0) is 39.3 Å². The summed E-state index contributed by atoms with van der Waals surface area (Å²) in [4.78, 5) is 23.4. The van der Waals surface area contributed by atoms with E-state index in [2.05, 4.69) is 17.6 Å². The fourth-order valence-corrected chi connectivity index (χ4v) is 3.38. The highest BCUT2D eigenvalue weighted by Gasteiger charge is 2.44. The normalized spacial score (nSPS) is 21.0. The third-order valence-electron chi connectivity index (χ3n) is 5.52. The van der Waals surface area contributed by atoms with E-state index in [9.17, 15) is 20.0 Å². The Morgan fingerprint density at radius 1 is 1.34 bits per heavy atom. The highest BCUT2D eigenvalue weighted by atomic mass is 16.6. The summed E-state index contributed by atoms with van der Waals surface area (Å²) < 4.78 is 5.90. The highest BCUT2D eigenvalue weighted by molar-refractivity contribution is 5.95. The van der Waals surface area contributed by atoms with Crippen molar-refractivity contribution in [2.75, 3.05) is 11.9 Å². The Bertz CT molecular complexity index is 750. The van der Waals surface area contributed by atoms with Gasteiger partial charge in [0.25, 0.3) is 5.69 Å². The maximum Gasteiger partial charge on any atom is 0.296 e. The quantitative estimate of drug-likeness (QED) is 0.325. The van der Waals surface area contributed by atoms with Crippen LogP contribution in [0.4, 0.5) is 11.4 Å². The molecule has 0 saturated heterocycles. The molecule has 3 unspecified atom stereocenters. The fraction of sp³-hybridized carbons (Fsp3) is 0.667. The number of nitro groups is 1. The van der Waals surface area contributed by atoms with Crippen molar-refractivity contribution in [3.63, 3.8) is 0 Å². The number of anilines is 1. The maximum atomic E-state index is 12.3. The van der Waals surface area contributed by atoms with Gasteiger partial charge in [-0.15, -0.1) is 0 Å². The number of nitro benzene ring substituents is 1. The summed E-state index contributed by atoms with van der Waals surface area (Å²) in [6.07, 6.45) is 2.89. The number of carbonyl (C=O) groups is 1. The summed E-state index contributed by atoms with van der Waals surface area (Å²) in [5.41, 5.74) is -0.407. The molecule has 1 amide bonds. The summed E-state index contributed by atoms with van der Waals surface area (Å²) in [6.45, 7) is 9.99. The number of aliphatic hydroxyl groups is 1. The van der Waals surface area contributed by atoms with E-state index in [1.54, 1.807) is 26.8 Å². The van der Waals surface area contributed by atoms with Gasteiger partial charge < -0.3 is 20.5 Å². The molecule has 1 heterocycles. The van der Waals surface area contributed by atoms with Crippen LogP contribution >= 0.6 is 0 Å². The molecular formula is C21H33N3O5. The average Bonchev–Trinajstić information content (AvgIpc) is 2.66. The van der Waals surface area contributed by atoms with Gasteiger partial charge in [-0.3, -0.25) is 14.9 Å². The zero-order valence-corrected chi connectivity index (χ0v) is 17.9. The van der Waals surface area contributed by atoms with E-state index in [1.807, 2.05) is 6.92 Å². The molecule has 2 rings (SSSR count). The van der Waals surface area contributed by atoms with Gasteiger partial charge in [-0.2, -0.15) is 0 Å². The minimum Gasteiger partial charge on any atom is -0.484 e. The van der Waals surface area contributed by atoms with Gasteiger partial charge in [0.1, 0.15) is 23.1 Å². The standard InChI is InChI=1S/C21H33N3O5/c1-6-8-9-10-22-18-14-11-15(23-20(26)13(3)7-2)16(24(27)28)12-17(14)29-21(4,5)19(18)25/h11-13,18-19,22,25H,6-10H2,1-5H3,(H,23,26). The zero-order valence-electron chi connectivity index (χ0n) is 17.9. The fourth-order valence-electron chi connectivity index (χ4n) is 3.38. The van der Waals surface area contributed by atoms with Crippen molar-refractivity contribution in [1.29, 1.82) is 0 Å². The predicted molar refractivity (Wildman–Crippen MR) is 112 cm³/mol. The first-order chi connectivity index (χ1) is 13.6. The second kappa shape index (κ2) is 9.54. The number of carbonyl (C=O) groups excluding carboxylic acids is 1. The predicted octanol–water partition coefficient (Wildman–Crippen LogP) is 3.93. The maximum absolute atomic E-state index is 12.3. The minimum absolute atomic E-state index is 0.120. The lowest BCUT2D eigenvalue weighted by Gasteiger charge is -2.42. The minimum atomic E-state index is -0.912. The number of amides is 1. The first kappa shape index (κ1) is 23.1. The van der Waals surface area contributed by atoms with Crippen molar-refractivity contribution in [2.45, 2.75) is 78.0 Å². The molecule has 0 radical (unpaired) electrons. The Balaban J connectivity index is 2.45. The second-order valence-electron chi connectivity index (χ2n) is 8.25. The largest absolute Gasteiger partial charge is 0.484 e. The van der Waals surface area contributed by atoms with Crippen molar-refractivity contribution in [2.24, 2.45) is 5.92 Å². The molecule has 8 nitrogen and oxygen atoms in total. The van der Waals surface area contributed by atoms with Crippen LogP contribution in [0.5, 0.6) is 5.75 Å². The van der Waals surface area contributed by atoms with Gasteiger partial charge in [0.05, 0.1) is 17.0 Å². The van der Waals surface area contributed by atoms with Gasteiger partial charge in [0.2, 0.25) is 5.91 Å². The van der Waals surface area contributed by atoms with Crippen LogP contribution in [0.15, 0.2) is 12.1 Å². The molecule has 29 heavy (non-hydrogen) atoms. The Morgan fingerprint density at radius 2 is 2.03 bits per heavy atom. The molecular weight excluding hydrogens is 374 g/mol. The van der Waals surface area contributed by atoms with E-state index in [4.69, 9.17) is 4.74 Å². The molecule has 3 atom stereocenters.